The molecule has 0 saturated carbocycles. The third kappa shape index (κ3) is 7.73. The van der Waals surface area contributed by atoms with Crippen molar-refractivity contribution in [3.8, 4) is 5.88 Å². The van der Waals surface area contributed by atoms with E-state index in [0.29, 0.717) is 24.1 Å². The molecule has 0 aliphatic carbocycles. The molecule has 116 valence electrons. The van der Waals surface area contributed by atoms with Crippen LogP contribution >= 0.6 is 0 Å². The van der Waals surface area contributed by atoms with E-state index < -0.39 is 11.9 Å². The van der Waals surface area contributed by atoms with Crippen molar-refractivity contribution in [1.82, 2.24) is 10.1 Å². The summed E-state index contributed by atoms with van der Waals surface area (Å²) in [6.07, 6.45) is 5.10. The highest BCUT2D eigenvalue weighted by Gasteiger charge is 2.18. The molecule has 1 saturated heterocycles. The van der Waals surface area contributed by atoms with Gasteiger partial charge in [0.25, 0.3) is 5.88 Å². The quantitative estimate of drug-likeness (QED) is 0.787. The fourth-order valence-electron chi connectivity index (χ4n) is 1.68. The second-order valence-corrected chi connectivity index (χ2v) is 4.47. The van der Waals surface area contributed by atoms with E-state index in [0.717, 1.165) is 25.9 Å². The number of carboxylic acid groups (broad SMARTS) is 2. The van der Waals surface area contributed by atoms with Crippen molar-refractivity contribution in [3.63, 3.8) is 0 Å². The molecule has 0 radical (unpaired) electrons. The Balaban J connectivity index is 0.000000240. The van der Waals surface area contributed by atoms with Crippen LogP contribution in [0.25, 0.3) is 0 Å². The lowest BCUT2D eigenvalue weighted by molar-refractivity contribution is -0.134. The van der Waals surface area contributed by atoms with Crippen LogP contribution in [0.1, 0.15) is 12.8 Å². The normalized spacial score (nSPS) is 16.2. The van der Waals surface area contributed by atoms with Crippen molar-refractivity contribution in [3.05, 3.63) is 24.5 Å². The summed E-state index contributed by atoms with van der Waals surface area (Å²) < 4.78 is 10.3. The van der Waals surface area contributed by atoms with E-state index in [-0.39, 0.29) is 0 Å². The lowest BCUT2D eigenvalue weighted by atomic mass is 10.1. The van der Waals surface area contributed by atoms with E-state index >= 15 is 0 Å². The number of hydrogen-bond donors (Lipinski definition) is 2. The molecule has 0 spiro atoms. The van der Waals surface area contributed by atoms with E-state index in [9.17, 15) is 9.59 Å². The summed E-state index contributed by atoms with van der Waals surface area (Å²) in [6, 6.07) is 1.75. The molecule has 1 aromatic rings. The first kappa shape index (κ1) is 16.7. The molecule has 1 fully saturated rings. The van der Waals surface area contributed by atoms with Gasteiger partial charge in [0.15, 0.2) is 0 Å². The predicted octanol–water partition coefficient (Wildman–Crippen LogP) is 0.859. The molecule has 0 atom stereocenters. The second kappa shape index (κ2) is 8.75. The maximum absolute atomic E-state index is 9.55. The van der Waals surface area contributed by atoms with Crippen molar-refractivity contribution in [2.45, 2.75) is 18.9 Å². The number of aliphatic carboxylic acids is 2. The van der Waals surface area contributed by atoms with Gasteiger partial charge in [-0.3, -0.25) is 0 Å². The molecule has 2 rings (SSSR count). The van der Waals surface area contributed by atoms with Crippen molar-refractivity contribution >= 4 is 11.9 Å². The highest BCUT2D eigenvalue weighted by molar-refractivity contribution is 5.89. The Kier molecular flexibility index (Phi) is 6.96. The molecule has 1 aliphatic rings. The van der Waals surface area contributed by atoms with Crippen LogP contribution in [0.3, 0.4) is 0 Å². The number of ether oxygens (including phenoxy) is 1. The highest BCUT2D eigenvalue weighted by Crippen LogP contribution is 2.15. The SMILES string of the molecule is CN1CCC(Oc2ccon2)CC1.O=C(O)/C=C/C(=O)O. The van der Waals surface area contributed by atoms with Gasteiger partial charge in [-0.25, -0.2) is 9.59 Å². The van der Waals surface area contributed by atoms with Crippen molar-refractivity contribution in [2.75, 3.05) is 20.1 Å². The minimum Gasteiger partial charge on any atom is -0.478 e. The molecule has 8 nitrogen and oxygen atoms in total. The summed E-state index contributed by atoms with van der Waals surface area (Å²) in [5, 5.41) is 19.3. The molecule has 21 heavy (non-hydrogen) atoms. The van der Waals surface area contributed by atoms with Gasteiger partial charge in [-0.2, -0.15) is 0 Å². The molecule has 1 aliphatic heterocycles. The monoisotopic (exact) mass is 298 g/mol. The number of piperidine rings is 1. The zero-order valence-corrected chi connectivity index (χ0v) is 11.6. The van der Waals surface area contributed by atoms with Crippen molar-refractivity contribution < 1.29 is 29.1 Å². The molecule has 8 heteroatoms. The van der Waals surface area contributed by atoms with Gasteiger partial charge in [-0.15, -0.1) is 0 Å². The van der Waals surface area contributed by atoms with Gasteiger partial charge in [0.1, 0.15) is 12.4 Å². The minimum absolute atomic E-state index is 0.307. The van der Waals surface area contributed by atoms with Gasteiger partial charge in [0, 0.05) is 31.3 Å². The number of hydrogen-bond acceptors (Lipinski definition) is 6. The summed E-state index contributed by atoms with van der Waals surface area (Å²) >= 11 is 0. The predicted molar refractivity (Wildman–Crippen MR) is 72.1 cm³/mol. The Hall–Kier alpha value is -2.35. The lowest BCUT2D eigenvalue weighted by Crippen LogP contribution is -2.35. The van der Waals surface area contributed by atoms with E-state index in [2.05, 4.69) is 17.1 Å². The zero-order chi connectivity index (χ0) is 15.7. The maximum Gasteiger partial charge on any atom is 0.328 e. The summed E-state index contributed by atoms with van der Waals surface area (Å²) in [5.74, 6) is -1.91. The van der Waals surface area contributed by atoms with E-state index in [1.807, 2.05) is 0 Å². The average molecular weight is 298 g/mol. The maximum atomic E-state index is 9.55. The molecular weight excluding hydrogens is 280 g/mol. The number of rotatable bonds is 4. The smallest absolute Gasteiger partial charge is 0.328 e. The van der Waals surface area contributed by atoms with Crippen molar-refractivity contribution in [1.29, 1.82) is 0 Å². The van der Waals surface area contributed by atoms with Gasteiger partial charge < -0.3 is 24.4 Å². The fraction of sp³-hybridized carbons (Fsp3) is 0.462. The molecule has 0 bridgehead atoms. The topological polar surface area (TPSA) is 113 Å². The standard InChI is InChI=1S/C9H14N2O2.C4H4O4/c1-11-5-2-8(3-6-11)13-9-4-7-12-10-9;5-3(6)1-2-4(7)8/h4,7-8H,2-3,5-6H2,1H3;1-2H,(H,5,6)(H,7,8)/b;2-1+. The Morgan fingerprint density at radius 3 is 2.33 bits per heavy atom. The summed E-state index contributed by atoms with van der Waals surface area (Å²) in [7, 11) is 2.13. The van der Waals surface area contributed by atoms with Crippen LogP contribution in [-0.2, 0) is 9.59 Å². The van der Waals surface area contributed by atoms with Gasteiger partial charge in [-0.05, 0) is 25.0 Å². The Morgan fingerprint density at radius 2 is 1.90 bits per heavy atom. The Labute approximate surface area is 121 Å². The largest absolute Gasteiger partial charge is 0.478 e. The first-order chi connectivity index (χ1) is 9.97. The van der Waals surface area contributed by atoms with Crippen LogP contribution in [0, 0.1) is 0 Å². The molecule has 0 amide bonds. The first-order valence-corrected chi connectivity index (χ1v) is 6.37. The Bertz CT molecular complexity index is 447. The van der Waals surface area contributed by atoms with Crippen LogP contribution in [0.15, 0.2) is 29.0 Å². The highest BCUT2D eigenvalue weighted by atomic mass is 16.5. The van der Waals surface area contributed by atoms with E-state index in [1.54, 1.807) is 6.07 Å². The minimum atomic E-state index is -1.26. The first-order valence-electron chi connectivity index (χ1n) is 6.37. The number of aromatic nitrogens is 1. The number of carbonyl (C=O) groups is 2. The number of nitrogens with zero attached hydrogens (tertiary/aromatic N) is 2. The zero-order valence-electron chi connectivity index (χ0n) is 11.6. The summed E-state index contributed by atoms with van der Waals surface area (Å²) in [4.78, 5) is 21.4. The van der Waals surface area contributed by atoms with Crippen LogP contribution < -0.4 is 4.74 Å². The van der Waals surface area contributed by atoms with Gasteiger partial charge in [0.2, 0.25) is 0 Å². The molecule has 0 aromatic carbocycles. The van der Waals surface area contributed by atoms with Crippen LogP contribution in [0.2, 0.25) is 0 Å². The molecular formula is C13H18N2O6. The number of carboxylic acids is 2. The fourth-order valence-corrected chi connectivity index (χ4v) is 1.68. The summed E-state index contributed by atoms with van der Waals surface area (Å²) in [5.41, 5.74) is 0. The van der Waals surface area contributed by atoms with Gasteiger partial charge in [-0.1, -0.05) is 0 Å². The number of likely N-dealkylation sites (tertiary alicyclic amines) is 1. The summed E-state index contributed by atoms with van der Waals surface area (Å²) in [6.45, 7) is 2.20. The van der Waals surface area contributed by atoms with E-state index in [4.69, 9.17) is 19.5 Å². The third-order valence-electron chi connectivity index (χ3n) is 2.74. The second-order valence-electron chi connectivity index (χ2n) is 4.47. The lowest BCUT2D eigenvalue weighted by Gasteiger charge is -2.28. The Morgan fingerprint density at radius 1 is 1.33 bits per heavy atom. The molecule has 2 N–H and O–H groups in total. The van der Waals surface area contributed by atoms with Crippen LogP contribution in [0.5, 0.6) is 5.88 Å². The van der Waals surface area contributed by atoms with Crippen LogP contribution in [-0.4, -0.2) is 58.4 Å². The third-order valence-corrected chi connectivity index (χ3v) is 2.74. The van der Waals surface area contributed by atoms with Gasteiger partial charge >= 0.3 is 11.9 Å². The molecule has 2 heterocycles. The van der Waals surface area contributed by atoms with E-state index in [1.165, 1.54) is 6.26 Å². The van der Waals surface area contributed by atoms with Gasteiger partial charge in [0.05, 0.1) is 0 Å². The van der Waals surface area contributed by atoms with Crippen LogP contribution in [0.4, 0.5) is 0 Å². The molecule has 0 unspecified atom stereocenters. The molecule has 1 aromatic heterocycles. The van der Waals surface area contributed by atoms with Crippen molar-refractivity contribution in [2.24, 2.45) is 0 Å². The average Bonchev–Trinajstić information content (AvgIpc) is 2.93.